The number of nitrogens with zero attached hydrogens (tertiary/aromatic N) is 1. The summed E-state index contributed by atoms with van der Waals surface area (Å²) in [5, 5.41) is 11.2. The molecule has 18 heavy (non-hydrogen) atoms. The van der Waals surface area contributed by atoms with Crippen molar-refractivity contribution in [2.45, 2.75) is 0 Å². The summed E-state index contributed by atoms with van der Waals surface area (Å²) in [4.78, 5) is 11.2. The zero-order valence-electron chi connectivity index (χ0n) is 9.69. The summed E-state index contributed by atoms with van der Waals surface area (Å²) in [6.07, 6.45) is 0. The molecule has 6 heteroatoms. The highest BCUT2D eigenvalue weighted by Gasteiger charge is 2.01. The van der Waals surface area contributed by atoms with E-state index in [2.05, 4.69) is 21.2 Å². The van der Waals surface area contributed by atoms with Crippen molar-refractivity contribution in [3.8, 4) is 11.8 Å². The number of hydrogen-bond acceptors (Lipinski definition) is 4. The van der Waals surface area contributed by atoms with Crippen LogP contribution in [0.1, 0.15) is 0 Å². The van der Waals surface area contributed by atoms with Crippen LogP contribution in [0.15, 0.2) is 24.3 Å². The lowest BCUT2D eigenvalue weighted by Gasteiger charge is -2.08. The molecular formula is C12H13BrN2O3. The molecule has 1 N–H and O–H groups in total. The van der Waals surface area contributed by atoms with Gasteiger partial charge in [-0.1, -0.05) is 22.0 Å². The molecule has 1 amide bonds. The van der Waals surface area contributed by atoms with Gasteiger partial charge in [-0.25, -0.2) is 0 Å². The van der Waals surface area contributed by atoms with Crippen LogP contribution in [0.25, 0.3) is 0 Å². The summed E-state index contributed by atoms with van der Waals surface area (Å²) in [5.74, 6) is 0.521. The topological polar surface area (TPSA) is 71.3 Å². The van der Waals surface area contributed by atoms with E-state index >= 15 is 0 Å². The zero-order chi connectivity index (χ0) is 13.2. The molecule has 0 aliphatic carbocycles. The molecule has 1 aromatic carbocycles. The van der Waals surface area contributed by atoms with E-state index in [0.29, 0.717) is 24.7 Å². The Kier molecular flexibility index (Phi) is 6.84. The van der Waals surface area contributed by atoms with Crippen LogP contribution < -0.4 is 10.1 Å². The molecule has 96 valence electrons. The molecule has 0 spiro atoms. The molecule has 0 aliphatic heterocycles. The van der Waals surface area contributed by atoms with Gasteiger partial charge in [0.15, 0.2) is 0 Å². The lowest BCUT2D eigenvalue weighted by Crippen LogP contribution is -2.12. The van der Waals surface area contributed by atoms with Gasteiger partial charge in [0, 0.05) is 11.8 Å². The number of anilines is 1. The van der Waals surface area contributed by atoms with Crippen molar-refractivity contribution >= 4 is 27.5 Å². The molecule has 1 aromatic rings. The largest absolute Gasteiger partial charge is 0.491 e. The Hall–Kier alpha value is -1.58. The first-order valence-electron chi connectivity index (χ1n) is 5.29. The Morgan fingerprint density at radius 3 is 3.00 bits per heavy atom. The van der Waals surface area contributed by atoms with E-state index in [1.54, 1.807) is 24.3 Å². The first-order valence-corrected chi connectivity index (χ1v) is 6.42. The molecule has 0 saturated carbocycles. The maximum atomic E-state index is 11.2. The fraction of sp³-hybridized carbons (Fsp3) is 0.333. The monoisotopic (exact) mass is 312 g/mol. The van der Waals surface area contributed by atoms with Crippen LogP contribution in [0.5, 0.6) is 5.75 Å². The van der Waals surface area contributed by atoms with E-state index in [-0.39, 0.29) is 17.8 Å². The highest BCUT2D eigenvalue weighted by Crippen LogP contribution is 2.17. The Bertz CT molecular complexity index is 432. The van der Waals surface area contributed by atoms with Gasteiger partial charge in [-0.05, 0) is 12.1 Å². The van der Waals surface area contributed by atoms with Crippen molar-refractivity contribution in [3.05, 3.63) is 24.3 Å². The van der Waals surface area contributed by atoms with Crippen LogP contribution >= 0.6 is 15.9 Å². The second-order valence-electron chi connectivity index (χ2n) is 3.27. The Morgan fingerprint density at radius 2 is 2.28 bits per heavy atom. The number of carbonyl (C=O) groups excluding carboxylic acids is 1. The van der Waals surface area contributed by atoms with Gasteiger partial charge in [-0.2, -0.15) is 5.26 Å². The van der Waals surface area contributed by atoms with Crippen LogP contribution in [-0.4, -0.2) is 31.1 Å². The van der Waals surface area contributed by atoms with Gasteiger partial charge in [0.2, 0.25) is 5.91 Å². The number of rotatable bonds is 7. The molecule has 0 fully saturated rings. The first kappa shape index (κ1) is 14.5. The second kappa shape index (κ2) is 8.50. The number of ether oxygens (including phenoxy) is 2. The maximum Gasteiger partial charge on any atom is 0.235 e. The van der Waals surface area contributed by atoms with Gasteiger partial charge in [-0.3, -0.25) is 4.79 Å². The average molecular weight is 313 g/mol. The summed E-state index contributed by atoms with van der Waals surface area (Å²) < 4.78 is 10.4. The molecule has 0 saturated heterocycles. The highest BCUT2D eigenvalue weighted by atomic mass is 79.9. The van der Waals surface area contributed by atoms with Crippen molar-refractivity contribution in [2.75, 3.05) is 30.5 Å². The molecule has 5 nitrogen and oxygen atoms in total. The maximum absolute atomic E-state index is 11.2. The van der Waals surface area contributed by atoms with Gasteiger partial charge >= 0.3 is 0 Å². The minimum Gasteiger partial charge on any atom is -0.491 e. The Balaban J connectivity index is 2.40. The van der Waals surface area contributed by atoms with E-state index in [1.807, 2.05) is 6.07 Å². The lowest BCUT2D eigenvalue weighted by molar-refractivity contribution is -0.113. The van der Waals surface area contributed by atoms with Crippen LogP contribution in [0, 0.1) is 11.3 Å². The number of amides is 1. The van der Waals surface area contributed by atoms with E-state index in [0.717, 1.165) is 0 Å². The SMILES string of the molecule is N#CCOCCOc1cccc(NC(=O)CBr)c1. The van der Waals surface area contributed by atoms with E-state index in [9.17, 15) is 4.79 Å². The van der Waals surface area contributed by atoms with E-state index in [4.69, 9.17) is 14.7 Å². The zero-order valence-corrected chi connectivity index (χ0v) is 11.3. The van der Waals surface area contributed by atoms with Gasteiger partial charge in [0.05, 0.1) is 18.0 Å². The van der Waals surface area contributed by atoms with Gasteiger partial charge in [0.1, 0.15) is 19.0 Å². The molecule has 0 heterocycles. The smallest absolute Gasteiger partial charge is 0.235 e. The third-order valence-corrected chi connectivity index (χ3v) is 2.41. The number of nitrogens with one attached hydrogen (secondary N) is 1. The normalized spacial score (nSPS) is 9.56. The highest BCUT2D eigenvalue weighted by molar-refractivity contribution is 9.09. The van der Waals surface area contributed by atoms with Crippen LogP contribution in [-0.2, 0) is 9.53 Å². The first-order chi connectivity index (χ1) is 8.76. The third-order valence-electron chi connectivity index (χ3n) is 1.90. The van der Waals surface area contributed by atoms with Gasteiger partial charge < -0.3 is 14.8 Å². The second-order valence-corrected chi connectivity index (χ2v) is 3.83. The molecule has 0 unspecified atom stereocenters. The summed E-state index contributed by atoms with van der Waals surface area (Å²) >= 11 is 3.07. The summed E-state index contributed by atoms with van der Waals surface area (Å²) in [6, 6.07) is 8.95. The molecule has 1 rings (SSSR count). The Labute approximate surface area is 114 Å². The summed E-state index contributed by atoms with van der Waals surface area (Å²) in [7, 11) is 0. The van der Waals surface area contributed by atoms with Crippen molar-refractivity contribution in [3.63, 3.8) is 0 Å². The van der Waals surface area contributed by atoms with Crippen molar-refractivity contribution in [1.82, 2.24) is 0 Å². The third kappa shape index (κ3) is 5.66. The minimum atomic E-state index is -0.121. The molecule has 0 atom stereocenters. The average Bonchev–Trinajstić information content (AvgIpc) is 2.39. The number of nitriles is 1. The van der Waals surface area contributed by atoms with E-state index in [1.165, 1.54) is 0 Å². The number of carbonyl (C=O) groups is 1. The molecule has 0 aliphatic rings. The van der Waals surface area contributed by atoms with Crippen LogP contribution in [0.3, 0.4) is 0 Å². The molecule has 0 aromatic heterocycles. The number of hydrogen-bond donors (Lipinski definition) is 1. The lowest BCUT2D eigenvalue weighted by atomic mass is 10.3. The summed E-state index contributed by atoms with van der Waals surface area (Å²) in [5.41, 5.74) is 0.676. The molecule has 0 bridgehead atoms. The van der Waals surface area contributed by atoms with Gasteiger partial charge in [0.25, 0.3) is 0 Å². The van der Waals surface area contributed by atoms with Crippen LogP contribution in [0.2, 0.25) is 0 Å². The summed E-state index contributed by atoms with van der Waals surface area (Å²) in [6.45, 7) is 0.772. The fourth-order valence-corrected chi connectivity index (χ4v) is 1.33. The predicted molar refractivity (Wildman–Crippen MR) is 70.8 cm³/mol. The molecule has 0 radical (unpaired) electrons. The van der Waals surface area contributed by atoms with Crippen molar-refractivity contribution in [2.24, 2.45) is 0 Å². The Morgan fingerprint density at radius 1 is 1.44 bits per heavy atom. The van der Waals surface area contributed by atoms with E-state index < -0.39 is 0 Å². The van der Waals surface area contributed by atoms with Gasteiger partial charge in [-0.15, -0.1) is 0 Å². The standard InChI is InChI=1S/C12H13BrN2O3/c13-9-12(16)15-10-2-1-3-11(8-10)18-7-6-17-5-4-14/h1-3,8H,5-7,9H2,(H,15,16). The minimum absolute atomic E-state index is 0.0602. The fourth-order valence-electron chi connectivity index (χ4n) is 1.19. The molecular weight excluding hydrogens is 300 g/mol. The predicted octanol–water partition coefficient (Wildman–Crippen LogP) is 1.94. The van der Waals surface area contributed by atoms with Crippen molar-refractivity contribution < 1.29 is 14.3 Å². The van der Waals surface area contributed by atoms with Crippen LogP contribution in [0.4, 0.5) is 5.69 Å². The quantitative estimate of drug-likeness (QED) is 0.617. The number of benzene rings is 1. The number of halogens is 1. The van der Waals surface area contributed by atoms with Crippen molar-refractivity contribution in [1.29, 1.82) is 5.26 Å². The number of alkyl halides is 1.